The molecule has 0 aromatic heterocycles. The van der Waals surface area contributed by atoms with Crippen LogP contribution in [-0.4, -0.2) is 10.2 Å². The molecule has 0 heterocycles. The van der Waals surface area contributed by atoms with Crippen LogP contribution in [0.1, 0.15) is 13.8 Å². The zero-order valence-corrected chi connectivity index (χ0v) is 10.8. The summed E-state index contributed by atoms with van der Waals surface area (Å²) in [6, 6.07) is 0. The molecule has 0 amide bonds. The second-order valence-electron chi connectivity index (χ2n) is 3.52. The van der Waals surface area contributed by atoms with Crippen LogP contribution in [-0.2, 0) is 16.5 Å². The number of allylic oxidation sites excluding steroid dienone is 12. The van der Waals surface area contributed by atoms with Crippen molar-refractivity contribution in [2.45, 2.75) is 13.8 Å². The van der Waals surface area contributed by atoms with Crippen LogP contribution >= 0.6 is 0 Å². The molecular weight excluding hydrogens is 259 g/mol. The normalized spacial score (nSPS) is 14.5. The molecule has 0 aliphatic heterocycles. The van der Waals surface area contributed by atoms with E-state index in [2.05, 4.69) is 0 Å². The van der Waals surface area contributed by atoms with E-state index in [9.17, 15) is 0 Å². The van der Waals surface area contributed by atoms with Gasteiger partial charge < -0.3 is 10.2 Å². The fourth-order valence-corrected chi connectivity index (χ4v) is 1.23. The predicted molar refractivity (Wildman–Crippen MR) is 67.2 cm³/mol. The Morgan fingerprint density at radius 2 is 0.941 bits per heavy atom. The van der Waals surface area contributed by atoms with Crippen molar-refractivity contribution in [2.75, 3.05) is 0 Å². The topological polar surface area (TPSA) is 40.5 Å². The molecule has 2 nitrogen and oxygen atoms in total. The minimum absolute atomic E-state index is 0. The molecule has 2 aliphatic rings. The van der Waals surface area contributed by atoms with Crippen molar-refractivity contribution in [3.63, 3.8) is 0 Å². The Morgan fingerprint density at radius 1 is 0.706 bits per heavy atom. The maximum atomic E-state index is 8.83. The molecule has 0 radical (unpaired) electrons. The summed E-state index contributed by atoms with van der Waals surface area (Å²) in [5.74, 6) is 0.769. The first-order valence-corrected chi connectivity index (χ1v) is 5.10. The van der Waals surface area contributed by atoms with E-state index in [1.165, 1.54) is 0 Å². The van der Waals surface area contributed by atoms with Gasteiger partial charge >= 0.3 is 0 Å². The molecule has 0 unspecified atom stereocenters. The first-order chi connectivity index (χ1) is 7.61. The smallest absolute Gasteiger partial charge is 0.0963 e. The number of rotatable bonds is 0. The maximum absolute atomic E-state index is 8.83. The Hall–Kier alpha value is -1.47. The fraction of sp³-hybridized carbons (Fsp3) is 0.143. The largest absolute Gasteiger partial charge is 0.512 e. The number of hydrogen-bond donors (Lipinski definition) is 2. The van der Waals surface area contributed by atoms with Crippen LogP contribution in [0.3, 0.4) is 0 Å². The first-order valence-electron chi connectivity index (χ1n) is 5.10. The molecule has 17 heavy (non-hydrogen) atoms. The average Bonchev–Trinajstić information content (AvgIpc) is 2.93. The second-order valence-corrected chi connectivity index (χ2v) is 3.52. The Bertz CT molecular complexity index is 357. The van der Waals surface area contributed by atoms with Crippen LogP contribution in [0, 0.1) is 0 Å². The molecule has 2 aliphatic carbocycles. The molecule has 0 aromatic carbocycles. The van der Waals surface area contributed by atoms with E-state index in [1.807, 2.05) is 48.6 Å². The van der Waals surface area contributed by atoms with E-state index >= 15 is 0 Å². The Balaban J connectivity index is 0.000000284. The SMILES string of the molecule is CC(O)=C1C=CC=C1.CC(O)=C1C=CC=C1.[Ni]. The van der Waals surface area contributed by atoms with Crippen LogP contribution < -0.4 is 0 Å². The standard InChI is InChI=1S/2C7H8O.Ni/c2*1-6(8)7-4-2-3-5-7;/h2*2-5,8H,1H3;. The summed E-state index contributed by atoms with van der Waals surface area (Å²) in [6.07, 6.45) is 15.1. The zero-order chi connectivity index (χ0) is 12.0. The van der Waals surface area contributed by atoms with Crippen LogP contribution in [0.25, 0.3) is 0 Å². The van der Waals surface area contributed by atoms with Gasteiger partial charge in [-0.2, -0.15) is 0 Å². The summed E-state index contributed by atoms with van der Waals surface area (Å²) in [5.41, 5.74) is 1.81. The quantitative estimate of drug-likeness (QED) is 0.520. The zero-order valence-electron chi connectivity index (χ0n) is 9.83. The second kappa shape index (κ2) is 7.75. The van der Waals surface area contributed by atoms with Crippen molar-refractivity contribution in [1.82, 2.24) is 0 Å². The van der Waals surface area contributed by atoms with E-state index in [0.717, 1.165) is 11.1 Å². The summed E-state index contributed by atoms with van der Waals surface area (Å²) < 4.78 is 0. The molecule has 2 rings (SSSR count). The van der Waals surface area contributed by atoms with Crippen molar-refractivity contribution in [3.8, 4) is 0 Å². The molecule has 0 bridgehead atoms. The Morgan fingerprint density at radius 3 is 1.06 bits per heavy atom. The fourth-order valence-electron chi connectivity index (χ4n) is 1.23. The third kappa shape index (κ3) is 5.41. The van der Waals surface area contributed by atoms with Gasteiger partial charge in [0.05, 0.1) is 11.5 Å². The molecule has 94 valence electrons. The van der Waals surface area contributed by atoms with Crippen molar-refractivity contribution in [2.24, 2.45) is 0 Å². The van der Waals surface area contributed by atoms with E-state index in [0.29, 0.717) is 11.5 Å². The number of hydrogen-bond acceptors (Lipinski definition) is 2. The summed E-state index contributed by atoms with van der Waals surface area (Å²) >= 11 is 0. The summed E-state index contributed by atoms with van der Waals surface area (Å²) in [4.78, 5) is 0. The van der Waals surface area contributed by atoms with Crippen molar-refractivity contribution in [3.05, 3.63) is 71.3 Å². The van der Waals surface area contributed by atoms with E-state index in [1.54, 1.807) is 13.8 Å². The average molecular weight is 275 g/mol. The summed E-state index contributed by atoms with van der Waals surface area (Å²) in [5, 5.41) is 17.7. The molecule has 0 saturated heterocycles. The van der Waals surface area contributed by atoms with Crippen LogP contribution in [0.2, 0.25) is 0 Å². The van der Waals surface area contributed by atoms with Gasteiger partial charge in [-0.15, -0.1) is 0 Å². The van der Waals surface area contributed by atoms with Crippen LogP contribution in [0.5, 0.6) is 0 Å². The van der Waals surface area contributed by atoms with Gasteiger partial charge in [0.25, 0.3) is 0 Å². The maximum Gasteiger partial charge on any atom is 0.0963 e. The Labute approximate surface area is 112 Å². The molecular formula is C14H16NiO2. The molecule has 2 N–H and O–H groups in total. The molecule has 0 fully saturated rings. The minimum Gasteiger partial charge on any atom is -0.512 e. The minimum atomic E-state index is 0. The molecule has 0 saturated carbocycles. The first kappa shape index (κ1) is 15.5. The van der Waals surface area contributed by atoms with Crippen molar-refractivity contribution < 1.29 is 26.7 Å². The molecule has 0 atom stereocenters. The van der Waals surface area contributed by atoms with E-state index in [4.69, 9.17) is 10.2 Å². The van der Waals surface area contributed by atoms with Gasteiger partial charge in [0, 0.05) is 27.6 Å². The van der Waals surface area contributed by atoms with Gasteiger partial charge in [-0.25, -0.2) is 0 Å². The van der Waals surface area contributed by atoms with Crippen molar-refractivity contribution in [1.29, 1.82) is 0 Å². The molecule has 0 spiro atoms. The van der Waals surface area contributed by atoms with Crippen LogP contribution in [0.15, 0.2) is 71.3 Å². The monoisotopic (exact) mass is 274 g/mol. The van der Waals surface area contributed by atoms with Gasteiger partial charge in [0.1, 0.15) is 0 Å². The van der Waals surface area contributed by atoms with Gasteiger partial charge in [0.2, 0.25) is 0 Å². The molecule has 0 aromatic rings. The summed E-state index contributed by atoms with van der Waals surface area (Å²) in [6.45, 7) is 3.35. The third-order valence-corrected chi connectivity index (χ3v) is 2.16. The number of aliphatic hydroxyl groups excluding tert-OH is 2. The number of aliphatic hydroxyl groups is 2. The van der Waals surface area contributed by atoms with Gasteiger partial charge in [-0.05, 0) is 13.8 Å². The van der Waals surface area contributed by atoms with Gasteiger partial charge in [-0.1, -0.05) is 48.6 Å². The van der Waals surface area contributed by atoms with E-state index in [-0.39, 0.29) is 16.5 Å². The molecule has 3 heteroatoms. The van der Waals surface area contributed by atoms with Gasteiger partial charge in [0.15, 0.2) is 0 Å². The Kier molecular flexibility index (Phi) is 7.08. The predicted octanol–water partition coefficient (Wildman–Crippen LogP) is 3.89. The van der Waals surface area contributed by atoms with Crippen LogP contribution in [0.4, 0.5) is 0 Å². The van der Waals surface area contributed by atoms with E-state index < -0.39 is 0 Å². The van der Waals surface area contributed by atoms with Crippen molar-refractivity contribution >= 4 is 0 Å². The summed E-state index contributed by atoms with van der Waals surface area (Å²) in [7, 11) is 0. The third-order valence-electron chi connectivity index (χ3n) is 2.16. The van der Waals surface area contributed by atoms with Gasteiger partial charge in [-0.3, -0.25) is 0 Å².